The van der Waals surface area contributed by atoms with Gasteiger partial charge in [-0.1, -0.05) is 13.0 Å². The first-order chi connectivity index (χ1) is 18.9. The Labute approximate surface area is 223 Å². The summed E-state index contributed by atoms with van der Waals surface area (Å²) in [5.41, 5.74) is 0.879. The van der Waals surface area contributed by atoms with Crippen molar-refractivity contribution in [3.05, 3.63) is 76.3 Å². The molecular formula is C28H28F2N6O3. The second kappa shape index (κ2) is 10.2. The van der Waals surface area contributed by atoms with E-state index in [1.54, 1.807) is 0 Å². The minimum absolute atomic E-state index is 0.156. The Morgan fingerprint density at radius 2 is 1.79 bits per heavy atom. The van der Waals surface area contributed by atoms with Gasteiger partial charge >= 0.3 is 0 Å². The van der Waals surface area contributed by atoms with Gasteiger partial charge in [0.25, 0.3) is 11.5 Å². The molecule has 39 heavy (non-hydrogen) atoms. The lowest BCUT2D eigenvalue weighted by molar-refractivity contribution is 0.0675. The van der Waals surface area contributed by atoms with Crippen molar-refractivity contribution in [3.63, 3.8) is 0 Å². The fourth-order valence-electron chi connectivity index (χ4n) is 5.48. The van der Waals surface area contributed by atoms with Crippen LogP contribution in [-0.2, 0) is 4.74 Å². The highest BCUT2D eigenvalue weighted by Crippen LogP contribution is 2.39. The van der Waals surface area contributed by atoms with Crippen molar-refractivity contribution in [2.75, 3.05) is 36.5 Å². The van der Waals surface area contributed by atoms with Gasteiger partial charge in [0.05, 0.1) is 29.1 Å². The average molecular weight is 535 g/mol. The fraction of sp³-hybridized carbons (Fsp3) is 0.357. The Morgan fingerprint density at radius 1 is 1.03 bits per heavy atom. The van der Waals surface area contributed by atoms with Crippen molar-refractivity contribution < 1.29 is 18.3 Å². The van der Waals surface area contributed by atoms with Crippen LogP contribution >= 0.6 is 0 Å². The smallest absolute Gasteiger partial charge is 0.276 e. The molecule has 11 heteroatoms. The standard InChI is InChI=1S/C28H28F2N6O3/c1-17-9-12-34(16-17)26-19-15-31-35(18-10-13-39-14-11-18)24(19)7-5-22(26)32-28(38)23-6-8-25(37)36(33-23)27-20(29)3-2-4-21(27)30/h2-8,15,17-18H,9-14,16H2,1H3,(H,32,38)/t17-/m1/s1. The Morgan fingerprint density at radius 3 is 2.51 bits per heavy atom. The first kappa shape index (κ1) is 25.2. The van der Waals surface area contributed by atoms with E-state index >= 15 is 0 Å². The summed E-state index contributed by atoms with van der Waals surface area (Å²) in [4.78, 5) is 28.0. The third-order valence-corrected chi connectivity index (χ3v) is 7.46. The minimum atomic E-state index is -0.959. The number of carbonyl (C=O) groups excluding carboxylic acids is 1. The van der Waals surface area contributed by atoms with Crippen molar-refractivity contribution in [3.8, 4) is 5.69 Å². The van der Waals surface area contributed by atoms with Crippen LogP contribution in [0.4, 0.5) is 20.2 Å². The third kappa shape index (κ3) is 4.67. The molecule has 0 radical (unpaired) electrons. The van der Waals surface area contributed by atoms with Gasteiger partial charge in [-0.25, -0.2) is 8.78 Å². The average Bonchev–Trinajstić information content (AvgIpc) is 3.56. The SMILES string of the molecule is C[C@@H]1CCN(c2c(NC(=O)c3ccc(=O)n(-c4c(F)cccc4F)n3)ccc3c2cnn3C2CCOCC2)C1. The molecule has 202 valence electrons. The summed E-state index contributed by atoms with van der Waals surface area (Å²) in [6.07, 6.45) is 4.64. The number of para-hydroxylation sites is 1. The van der Waals surface area contributed by atoms with Gasteiger partial charge in [-0.3, -0.25) is 14.3 Å². The van der Waals surface area contributed by atoms with E-state index in [4.69, 9.17) is 9.84 Å². The van der Waals surface area contributed by atoms with Crippen molar-refractivity contribution in [2.24, 2.45) is 5.92 Å². The van der Waals surface area contributed by atoms with Crippen LogP contribution in [0.25, 0.3) is 16.6 Å². The maximum atomic E-state index is 14.4. The second-order valence-corrected chi connectivity index (χ2v) is 10.2. The molecule has 9 nitrogen and oxygen atoms in total. The molecule has 2 saturated heterocycles. The van der Waals surface area contributed by atoms with E-state index in [9.17, 15) is 18.4 Å². The zero-order valence-electron chi connectivity index (χ0n) is 21.4. The van der Waals surface area contributed by atoms with Crippen molar-refractivity contribution in [1.82, 2.24) is 19.6 Å². The monoisotopic (exact) mass is 534 g/mol. The van der Waals surface area contributed by atoms with Crippen molar-refractivity contribution in [2.45, 2.75) is 32.2 Å². The number of amides is 1. The van der Waals surface area contributed by atoms with Gasteiger partial charge < -0.3 is 15.0 Å². The van der Waals surface area contributed by atoms with Crippen LogP contribution in [0, 0.1) is 17.6 Å². The predicted octanol–water partition coefficient (Wildman–Crippen LogP) is 4.31. The topological polar surface area (TPSA) is 94.3 Å². The number of benzene rings is 2. The summed E-state index contributed by atoms with van der Waals surface area (Å²) in [7, 11) is 0. The minimum Gasteiger partial charge on any atom is -0.381 e. The Kier molecular flexibility index (Phi) is 6.59. The number of hydrogen-bond acceptors (Lipinski definition) is 6. The number of fused-ring (bicyclic) bond motifs is 1. The second-order valence-electron chi connectivity index (χ2n) is 10.2. The van der Waals surface area contributed by atoms with E-state index in [0.29, 0.717) is 29.5 Å². The summed E-state index contributed by atoms with van der Waals surface area (Å²) >= 11 is 0. The third-order valence-electron chi connectivity index (χ3n) is 7.46. The molecule has 1 atom stereocenters. The highest BCUT2D eigenvalue weighted by atomic mass is 19.1. The number of nitrogens with zero attached hydrogens (tertiary/aromatic N) is 5. The molecule has 2 fully saturated rings. The van der Waals surface area contributed by atoms with Crippen molar-refractivity contribution >= 4 is 28.2 Å². The Bertz CT molecular complexity index is 1590. The van der Waals surface area contributed by atoms with Crippen LogP contribution in [0.2, 0.25) is 0 Å². The number of halogens is 2. The Balaban J connectivity index is 1.38. The van der Waals surface area contributed by atoms with Gasteiger partial charge in [-0.15, -0.1) is 0 Å². The van der Waals surface area contributed by atoms with E-state index in [0.717, 1.165) is 67.1 Å². The molecule has 4 aromatic rings. The molecule has 6 rings (SSSR count). The van der Waals surface area contributed by atoms with Gasteiger partial charge in [0.1, 0.15) is 11.4 Å². The van der Waals surface area contributed by atoms with Crippen LogP contribution in [0.3, 0.4) is 0 Å². The lowest BCUT2D eigenvalue weighted by Gasteiger charge is -2.25. The van der Waals surface area contributed by atoms with Gasteiger partial charge in [0, 0.05) is 37.8 Å². The number of anilines is 2. The first-order valence-electron chi connectivity index (χ1n) is 13.1. The molecule has 2 aliphatic rings. The molecule has 2 aliphatic heterocycles. The number of ether oxygens (including phenoxy) is 1. The highest BCUT2D eigenvalue weighted by Gasteiger charge is 2.27. The fourth-order valence-corrected chi connectivity index (χ4v) is 5.48. The lowest BCUT2D eigenvalue weighted by atomic mass is 10.1. The van der Waals surface area contributed by atoms with E-state index in [2.05, 4.69) is 22.2 Å². The predicted molar refractivity (Wildman–Crippen MR) is 143 cm³/mol. The number of hydrogen-bond donors (Lipinski definition) is 1. The van der Waals surface area contributed by atoms with Crippen LogP contribution < -0.4 is 15.8 Å². The molecule has 4 heterocycles. The quantitative estimate of drug-likeness (QED) is 0.410. The van der Waals surface area contributed by atoms with Gasteiger partial charge in [-0.05, 0) is 55.5 Å². The number of aromatic nitrogens is 4. The molecule has 0 aliphatic carbocycles. The van der Waals surface area contributed by atoms with E-state index in [-0.39, 0.29) is 11.7 Å². The Hall–Kier alpha value is -4.12. The summed E-state index contributed by atoms with van der Waals surface area (Å²) in [6.45, 7) is 5.26. The lowest BCUT2D eigenvalue weighted by Crippen LogP contribution is -2.27. The first-order valence-corrected chi connectivity index (χ1v) is 13.1. The summed E-state index contributed by atoms with van der Waals surface area (Å²) in [5, 5.41) is 12.6. The van der Waals surface area contributed by atoms with Crippen molar-refractivity contribution in [1.29, 1.82) is 0 Å². The summed E-state index contributed by atoms with van der Waals surface area (Å²) in [5.74, 6) is -2.03. The molecule has 0 unspecified atom stereocenters. The van der Waals surface area contributed by atoms with E-state index in [1.165, 1.54) is 12.1 Å². The number of carbonyl (C=O) groups is 1. The van der Waals surface area contributed by atoms with Crippen LogP contribution in [0.1, 0.15) is 42.7 Å². The van der Waals surface area contributed by atoms with Gasteiger partial charge in [0.2, 0.25) is 0 Å². The van der Waals surface area contributed by atoms with Gasteiger partial charge in [-0.2, -0.15) is 14.9 Å². The zero-order chi connectivity index (χ0) is 27.1. The molecule has 1 amide bonds. The maximum absolute atomic E-state index is 14.4. The maximum Gasteiger partial charge on any atom is 0.276 e. The molecular weight excluding hydrogens is 506 g/mol. The summed E-state index contributed by atoms with van der Waals surface area (Å²) < 4.78 is 36.9. The summed E-state index contributed by atoms with van der Waals surface area (Å²) in [6, 6.07) is 9.59. The molecule has 0 bridgehead atoms. The van der Waals surface area contributed by atoms with Crippen LogP contribution in [0.15, 0.2) is 53.5 Å². The van der Waals surface area contributed by atoms with Crippen LogP contribution in [-0.4, -0.2) is 51.8 Å². The molecule has 0 spiro atoms. The highest BCUT2D eigenvalue weighted by molar-refractivity contribution is 6.08. The van der Waals surface area contributed by atoms with Crippen LogP contribution in [0.5, 0.6) is 0 Å². The largest absolute Gasteiger partial charge is 0.381 e. The molecule has 1 N–H and O–H groups in total. The molecule has 2 aromatic heterocycles. The zero-order valence-corrected chi connectivity index (χ0v) is 21.4. The number of nitrogens with one attached hydrogen (secondary N) is 1. The normalized spacial score (nSPS) is 18.1. The number of rotatable bonds is 5. The molecule has 2 aromatic carbocycles. The van der Waals surface area contributed by atoms with Gasteiger partial charge in [0.15, 0.2) is 11.6 Å². The molecule has 0 saturated carbocycles. The van der Waals surface area contributed by atoms with E-state index in [1.807, 2.05) is 23.0 Å². The van der Waals surface area contributed by atoms with E-state index < -0.39 is 28.8 Å².